The summed E-state index contributed by atoms with van der Waals surface area (Å²) in [7, 11) is 1.85. The van der Waals surface area contributed by atoms with Gasteiger partial charge in [0.05, 0.1) is 0 Å². The zero-order valence-corrected chi connectivity index (χ0v) is 16.7. The summed E-state index contributed by atoms with van der Waals surface area (Å²) >= 11 is 0. The molecule has 1 aromatic carbocycles. The summed E-state index contributed by atoms with van der Waals surface area (Å²) in [6, 6.07) is 7.49. The Morgan fingerprint density at radius 1 is 1.15 bits per heavy atom. The van der Waals surface area contributed by atoms with Gasteiger partial charge in [-0.05, 0) is 55.9 Å². The van der Waals surface area contributed by atoms with Gasteiger partial charge in [0.1, 0.15) is 0 Å². The number of carbonyl (C=O) groups excluding carboxylic acids is 2. The molecule has 3 N–H and O–H groups in total. The molecule has 27 heavy (non-hydrogen) atoms. The Kier molecular flexibility index (Phi) is 8.07. The Bertz CT molecular complexity index is 632. The molecule has 1 aromatic rings. The molecule has 7 heteroatoms. The van der Waals surface area contributed by atoms with Crippen molar-refractivity contribution >= 4 is 29.9 Å². The van der Waals surface area contributed by atoms with Crippen LogP contribution >= 0.6 is 12.4 Å². The number of hydrogen-bond donors (Lipinski definition) is 2. The number of hydrogen-bond acceptors (Lipinski definition) is 4. The van der Waals surface area contributed by atoms with E-state index in [9.17, 15) is 9.59 Å². The first-order chi connectivity index (χ1) is 12.5. The second-order valence-electron chi connectivity index (χ2n) is 7.44. The maximum absolute atomic E-state index is 12.6. The number of benzene rings is 1. The van der Waals surface area contributed by atoms with Crippen molar-refractivity contribution < 1.29 is 14.3 Å². The summed E-state index contributed by atoms with van der Waals surface area (Å²) in [5.41, 5.74) is 7.38. The van der Waals surface area contributed by atoms with E-state index < -0.39 is 0 Å². The van der Waals surface area contributed by atoms with Gasteiger partial charge in [0.25, 0.3) is 5.91 Å². The van der Waals surface area contributed by atoms with Crippen LogP contribution in [0.3, 0.4) is 0 Å². The summed E-state index contributed by atoms with van der Waals surface area (Å²) in [6.07, 6.45) is 5.36. The molecule has 0 aromatic heterocycles. The number of carbonyl (C=O) groups is 2. The quantitative estimate of drug-likeness (QED) is 0.802. The Morgan fingerprint density at radius 2 is 1.81 bits per heavy atom. The predicted molar refractivity (Wildman–Crippen MR) is 108 cm³/mol. The first kappa shape index (κ1) is 21.7. The molecule has 6 nitrogen and oxygen atoms in total. The molecule has 0 bridgehead atoms. The lowest BCUT2D eigenvalue weighted by molar-refractivity contribution is -0.117. The van der Waals surface area contributed by atoms with Gasteiger partial charge < -0.3 is 20.7 Å². The topological polar surface area (TPSA) is 84.7 Å². The van der Waals surface area contributed by atoms with Crippen LogP contribution < -0.4 is 11.1 Å². The van der Waals surface area contributed by atoms with Gasteiger partial charge in [0.2, 0.25) is 5.91 Å². The maximum Gasteiger partial charge on any atom is 0.253 e. The monoisotopic (exact) mass is 395 g/mol. The molecule has 3 rings (SSSR count). The number of ether oxygens (including phenoxy) is 1. The first-order valence-corrected chi connectivity index (χ1v) is 9.55. The lowest BCUT2D eigenvalue weighted by Crippen LogP contribution is -2.40. The van der Waals surface area contributed by atoms with Crippen LogP contribution in [0, 0.1) is 5.92 Å². The molecule has 0 radical (unpaired) electrons. The molecule has 0 spiro atoms. The fourth-order valence-electron chi connectivity index (χ4n) is 3.91. The van der Waals surface area contributed by atoms with Gasteiger partial charge in [-0.1, -0.05) is 6.42 Å². The van der Waals surface area contributed by atoms with Crippen LogP contribution in [0.15, 0.2) is 24.3 Å². The van der Waals surface area contributed by atoms with E-state index in [-0.39, 0.29) is 42.2 Å². The number of nitrogens with two attached hydrogens (primary N) is 1. The second kappa shape index (κ2) is 10.1. The lowest BCUT2D eigenvalue weighted by atomic mass is 10.00. The minimum absolute atomic E-state index is 0. The largest absolute Gasteiger partial charge is 0.381 e. The number of anilines is 1. The highest BCUT2D eigenvalue weighted by Crippen LogP contribution is 2.27. The zero-order valence-electron chi connectivity index (χ0n) is 15.9. The average Bonchev–Trinajstić information content (AvgIpc) is 3.06. The summed E-state index contributed by atoms with van der Waals surface area (Å²) < 4.78 is 5.36. The molecule has 1 aliphatic carbocycles. The summed E-state index contributed by atoms with van der Waals surface area (Å²) in [4.78, 5) is 26.6. The predicted octanol–water partition coefficient (Wildman–Crippen LogP) is 2.82. The molecule has 1 heterocycles. The highest BCUT2D eigenvalue weighted by atomic mass is 35.5. The van der Waals surface area contributed by atoms with Crippen molar-refractivity contribution in [1.29, 1.82) is 0 Å². The standard InChI is InChI=1S/C20H29N3O3.ClH/c1-23(17-9-11-26-12-10-17)20(25)14-5-7-16(8-6-14)22-19(24)13-15-3-2-4-18(15)21;/h5-8,15,17-18H,2-4,9-13,21H2,1H3,(H,22,24);1H/t15-,18+;/m0./s1. The van der Waals surface area contributed by atoms with Crippen LogP contribution in [0.25, 0.3) is 0 Å². The first-order valence-electron chi connectivity index (χ1n) is 9.55. The van der Waals surface area contributed by atoms with E-state index in [1.54, 1.807) is 29.2 Å². The minimum atomic E-state index is -0.00856. The third-order valence-electron chi connectivity index (χ3n) is 5.64. The van der Waals surface area contributed by atoms with Gasteiger partial charge in [-0.2, -0.15) is 0 Å². The zero-order chi connectivity index (χ0) is 18.5. The van der Waals surface area contributed by atoms with E-state index in [4.69, 9.17) is 10.5 Å². The van der Waals surface area contributed by atoms with Crippen LogP contribution in [0.4, 0.5) is 5.69 Å². The fraction of sp³-hybridized carbons (Fsp3) is 0.600. The SMILES string of the molecule is CN(C(=O)c1ccc(NC(=O)C[C@@H]2CCC[C@H]2N)cc1)C1CCOCC1.Cl. The molecule has 2 atom stereocenters. The highest BCUT2D eigenvalue weighted by molar-refractivity contribution is 5.96. The number of halogens is 1. The van der Waals surface area contributed by atoms with Crippen molar-refractivity contribution in [1.82, 2.24) is 4.90 Å². The average molecular weight is 396 g/mol. The van der Waals surface area contributed by atoms with E-state index in [0.29, 0.717) is 30.9 Å². The van der Waals surface area contributed by atoms with E-state index in [1.165, 1.54) is 0 Å². The Balaban J connectivity index is 0.00000261. The van der Waals surface area contributed by atoms with Gasteiger partial charge in [-0.3, -0.25) is 9.59 Å². The van der Waals surface area contributed by atoms with Crippen LogP contribution in [0.1, 0.15) is 48.9 Å². The highest BCUT2D eigenvalue weighted by Gasteiger charge is 2.26. The smallest absolute Gasteiger partial charge is 0.253 e. The van der Waals surface area contributed by atoms with E-state index in [0.717, 1.165) is 32.1 Å². The molecular weight excluding hydrogens is 366 g/mol. The summed E-state index contributed by atoms with van der Waals surface area (Å²) in [5.74, 6) is 0.279. The normalized spacial score (nSPS) is 22.7. The lowest BCUT2D eigenvalue weighted by Gasteiger charge is -2.31. The van der Waals surface area contributed by atoms with Crippen molar-refractivity contribution in [2.75, 3.05) is 25.6 Å². The van der Waals surface area contributed by atoms with Gasteiger partial charge >= 0.3 is 0 Å². The van der Waals surface area contributed by atoms with Crippen molar-refractivity contribution in [2.45, 2.75) is 50.6 Å². The minimum Gasteiger partial charge on any atom is -0.381 e. The fourth-order valence-corrected chi connectivity index (χ4v) is 3.91. The Morgan fingerprint density at radius 3 is 2.41 bits per heavy atom. The third kappa shape index (κ3) is 5.67. The summed E-state index contributed by atoms with van der Waals surface area (Å²) in [6.45, 7) is 1.41. The van der Waals surface area contributed by atoms with Crippen molar-refractivity contribution in [2.24, 2.45) is 11.7 Å². The molecule has 150 valence electrons. The summed E-state index contributed by atoms with van der Waals surface area (Å²) in [5, 5.41) is 2.91. The molecule has 1 saturated heterocycles. The van der Waals surface area contributed by atoms with Crippen LogP contribution in [-0.4, -0.2) is 49.1 Å². The third-order valence-corrected chi connectivity index (χ3v) is 5.64. The molecular formula is C20H30ClN3O3. The van der Waals surface area contributed by atoms with Crippen molar-refractivity contribution in [3.8, 4) is 0 Å². The van der Waals surface area contributed by atoms with Gasteiger partial charge in [-0.25, -0.2) is 0 Å². The molecule has 2 fully saturated rings. The molecule has 2 amide bonds. The second-order valence-corrected chi connectivity index (χ2v) is 7.44. The Labute approximate surface area is 167 Å². The van der Waals surface area contributed by atoms with E-state index >= 15 is 0 Å². The van der Waals surface area contributed by atoms with Gasteiger partial charge in [0, 0.05) is 50.0 Å². The number of amides is 2. The van der Waals surface area contributed by atoms with Crippen molar-refractivity contribution in [3.05, 3.63) is 29.8 Å². The number of rotatable bonds is 5. The number of nitrogens with one attached hydrogen (secondary N) is 1. The van der Waals surface area contributed by atoms with Crippen LogP contribution in [0.2, 0.25) is 0 Å². The molecule has 0 unspecified atom stereocenters. The van der Waals surface area contributed by atoms with Crippen LogP contribution in [0.5, 0.6) is 0 Å². The van der Waals surface area contributed by atoms with Gasteiger partial charge in [-0.15, -0.1) is 12.4 Å². The van der Waals surface area contributed by atoms with Crippen LogP contribution in [-0.2, 0) is 9.53 Å². The molecule has 1 aliphatic heterocycles. The van der Waals surface area contributed by atoms with E-state index in [1.807, 2.05) is 7.05 Å². The molecule has 1 saturated carbocycles. The van der Waals surface area contributed by atoms with E-state index in [2.05, 4.69) is 5.32 Å². The van der Waals surface area contributed by atoms with Crippen molar-refractivity contribution in [3.63, 3.8) is 0 Å². The Hall–Kier alpha value is -1.63. The number of nitrogens with zero attached hydrogens (tertiary/aromatic N) is 1. The van der Waals surface area contributed by atoms with Gasteiger partial charge in [0.15, 0.2) is 0 Å². The molecule has 2 aliphatic rings. The maximum atomic E-state index is 12.6.